The molecular weight excluding hydrogens is 770 g/mol. The molecule has 3 aromatic carbocycles. The van der Waals surface area contributed by atoms with Gasteiger partial charge in [0.25, 0.3) is 17.7 Å². The lowest BCUT2D eigenvalue weighted by Crippen LogP contribution is -2.54. The molecule has 4 atom stereocenters. The monoisotopic (exact) mass is 819 g/mol. The van der Waals surface area contributed by atoms with E-state index in [0.717, 1.165) is 81.1 Å². The predicted octanol–water partition coefficient (Wildman–Crippen LogP) is 5.50. The van der Waals surface area contributed by atoms with Crippen molar-refractivity contribution >= 4 is 52.5 Å². The number of hydrogen-bond acceptors (Lipinski definition) is 10. The Kier molecular flexibility index (Phi) is 11.6. The average molecular weight is 820 g/mol. The topological polar surface area (TPSA) is 147 Å². The number of amides is 5. The van der Waals surface area contributed by atoms with Gasteiger partial charge in [-0.25, -0.2) is 0 Å². The maximum atomic E-state index is 13.6. The first-order valence-corrected chi connectivity index (χ1v) is 21.2. The Morgan fingerprint density at radius 1 is 0.864 bits per heavy atom. The summed E-state index contributed by atoms with van der Waals surface area (Å²) in [6, 6.07) is 20.3. The number of nitrogens with one attached hydrogen (secondary N) is 1. The molecule has 0 aromatic heterocycles. The molecule has 59 heavy (non-hydrogen) atoms. The van der Waals surface area contributed by atoms with Gasteiger partial charge >= 0.3 is 0 Å². The van der Waals surface area contributed by atoms with Crippen LogP contribution in [0, 0.1) is 17.2 Å². The molecule has 5 heterocycles. The van der Waals surface area contributed by atoms with Crippen LogP contribution < -0.4 is 19.9 Å². The number of piperazine rings is 1. The fourth-order valence-corrected chi connectivity index (χ4v) is 9.79. The van der Waals surface area contributed by atoms with E-state index < -0.39 is 29.7 Å². The first-order valence-electron chi connectivity index (χ1n) is 20.8. The number of halogens is 1. The highest BCUT2D eigenvalue weighted by Gasteiger charge is 2.45. The lowest BCUT2D eigenvalue weighted by atomic mass is 9.95. The van der Waals surface area contributed by atoms with Crippen molar-refractivity contribution in [2.24, 2.45) is 5.92 Å². The van der Waals surface area contributed by atoms with Crippen molar-refractivity contribution in [1.82, 2.24) is 20.0 Å². The molecular formula is C45H50ClN7O6. The van der Waals surface area contributed by atoms with Gasteiger partial charge in [-0.05, 0) is 106 Å². The summed E-state index contributed by atoms with van der Waals surface area (Å²) in [6.07, 6.45) is 5.13. The summed E-state index contributed by atoms with van der Waals surface area (Å²) in [5.74, 6) is -0.752. The van der Waals surface area contributed by atoms with Crippen LogP contribution in [-0.2, 0) is 9.59 Å². The predicted molar refractivity (Wildman–Crippen MR) is 223 cm³/mol. The Hall–Kier alpha value is -5.45. The largest absolute Gasteiger partial charge is 0.491 e. The van der Waals surface area contributed by atoms with Gasteiger partial charge in [-0.1, -0.05) is 11.6 Å². The van der Waals surface area contributed by atoms with Crippen molar-refractivity contribution in [3.63, 3.8) is 0 Å². The van der Waals surface area contributed by atoms with Crippen molar-refractivity contribution < 1.29 is 28.7 Å². The molecule has 5 amide bonds. The highest BCUT2D eigenvalue weighted by Crippen LogP contribution is 2.35. The second-order valence-corrected chi connectivity index (χ2v) is 17.1. The molecule has 4 unspecified atom stereocenters. The molecule has 0 spiro atoms. The van der Waals surface area contributed by atoms with Crippen LogP contribution in [0.2, 0.25) is 5.02 Å². The Balaban J connectivity index is 0.791. The molecule has 5 aliphatic heterocycles. The van der Waals surface area contributed by atoms with Crippen LogP contribution in [0.4, 0.5) is 11.4 Å². The fourth-order valence-electron chi connectivity index (χ4n) is 9.58. The molecule has 0 saturated carbocycles. The molecule has 3 aromatic rings. The molecule has 13 nitrogen and oxygen atoms in total. The lowest BCUT2D eigenvalue weighted by Gasteiger charge is -2.39. The van der Waals surface area contributed by atoms with Gasteiger partial charge in [-0.2, -0.15) is 5.26 Å². The van der Waals surface area contributed by atoms with Crippen LogP contribution in [-0.4, -0.2) is 114 Å². The number of rotatable bonds is 10. The quantitative estimate of drug-likeness (QED) is 0.260. The van der Waals surface area contributed by atoms with E-state index >= 15 is 0 Å². The van der Waals surface area contributed by atoms with Crippen molar-refractivity contribution in [3.8, 4) is 11.8 Å². The van der Waals surface area contributed by atoms with Gasteiger partial charge in [0.05, 0.1) is 27.8 Å². The van der Waals surface area contributed by atoms with E-state index in [9.17, 15) is 29.2 Å². The number of anilines is 2. The number of benzene rings is 3. The van der Waals surface area contributed by atoms with E-state index in [4.69, 9.17) is 16.3 Å². The SMILES string of the molecule is CC(CC1CCC(C)N1c1ccc(C(=O)N2CCN(CC3CCN(c4ccc5c(c4)C(=O)N(C4CCC(=O)NC4=O)C5=O)CC3)CC2)cc1)Oc1ccc(C#N)c(Cl)c1. The summed E-state index contributed by atoms with van der Waals surface area (Å²) in [5.41, 5.74) is 3.72. The van der Waals surface area contributed by atoms with Crippen molar-refractivity contribution in [2.75, 3.05) is 55.6 Å². The number of hydrogen-bond donors (Lipinski definition) is 1. The molecule has 0 aliphatic carbocycles. The van der Waals surface area contributed by atoms with E-state index in [2.05, 4.69) is 52.1 Å². The number of nitriles is 1. The van der Waals surface area contributed by atoms with Gasteiger partial charge in [0.15, 0.2) is 0 Å². The van der Waals surface area contributed by atoms with Crippen LogP contribution in [0.15, 0.2) is 60.7 Å². The van der Waals surface area contributed by atoms with Gasteiger partial charge < -0.3 is 19.4 Å². The van der Waals surface area contributed by atoms with Crippen molar-refractivity contribution in [2.45, 2.75) is 83.0 Å². The number of piperidine rings is 2. The first-order chi connectivity index (χ1) is 28.5. The van der Waals surface area contributed by atoms with E-state index in [1.165, 1.54) is 0 Å². The van der Waals surface area contributed by atoms with Gasteiger partial charge in [0.2, 0.25) is 11.8 Å². The zero-order valence-corrected chi connectivity index (χ0v) is 34.3. The normalized spacial score (nSPS) is 23.3. The molecule has 5 aliphatic rings. The Bertz CT molecular complexity index is 2180. The van der Waals surface area contributed by atoms with Gasteiger partial charge in [0.1, 0.15) is 17.9 Å². The molecule has 0 radical (unpaired) electrons. The summed E-state index contributed by atoms with van der Waals surface area (Å²) < 4.78 is 6.19. The molecule has 0 bridgehead atoms. The number of ether oxygens (including phenoxy) is 1. The number of imide groups is 2. The van der Waals surface area contributed by atoms with Crippen LogP contribution >= 0.6 is 11.6 Å². The summed E-state index contributed by atoms with van der Waals surface area (Å²) in [5, 5.41) is 11.8. The van der Waals surface area contributed by atoms with E-state index in [1.807, 2.05) is 23.1 Å². The third-order valence-electron chi connectivity index (χ3n) is 12.8. The van der Waals surface area contributed by atoms with Crippen molar-refractivity contribution in [1.29, 1.82) is 5.26 Å². The van der Waals surface area contributed by atoms with E-state index in [0.29, 0.717) is 64.1 Å². The third kappa shape index (κ3) is 8.38. The highest BCUT2D eigenvalue weighted by molar-refractivity contribution is 6.31. The summed E-state index contributed by atoms with van der Waals surface area (Å²) in [4.78, 5) is 74.3. The Labute approximate surface area is 349 Å². The highest BCUT2D eigenvalue weighted by atomic mass is 35.5. The van der Waals surface area contributed by atoms with Crippen LogP contribution in [0.1, 0.15) is 95.4 Å². The van der Waals surface area contributed by atoms with Crippen LogP contribution in [0.3, 0.4) is 0 Å². The number of fused-ring (bicyclic) bond motifs is 1. The zero-order valence-electron chi connectivity index (χ0n) is 33.6. The minimum Gasteiger partial charge on any atom is -0.491 e. The standard InChI is InChI=1S/C45H50ClN7O6/c1-28-3-7-35(23-29(2)59-36-11-6-32(26-47)39(46)25-36)52(28)33-8-4-31(5-9-33)43(56)51-21-19-49(20-22-51)27-30-15-17-50(18-16-30)34-10-12-37-38(24-34)45(58)53(44(37)57)40-13-14-41(54)48-42(40)55/h4-6,8-12,24-25,28-30,35,40H,3,7,13-23,27H2,1-2H3,(H,48,54,55). The van der Waals surface area contributed by atoms with Crippen LogP contribution in [0.25, 0.3) is 0 Å². The van der Waals surface area contributed by atoms with Gasteiger partial charge in [-0.3, -0.25) is 39.1 Å². The lowest BCUT2D eigenvalue weighted by molar-refractivity contribution is -0.136. The van der Waals surface area contributed by atoms with E-state index in [-0.39, 0.29) is 24.9 Å². The minimum absolute atomic E-state index is 0.0512. The Morgan fingerprint density at radius 2 is 1.58 bits per heavy atom. The molecule has 8 rings (SSSR count). The number of carbonyl (C=O) groups excluding carboxylic acids is 5. The smallest absolute Gasteiger partial charge is 0.262 e. The van der Waals surface area contributed by atoms with Gasteiger partial charge in [0, 0.05) is 93.7 Å². The molecule has 308 valence electrons. The minimum atomic E-state index is -0.977. The Morgan fingerprint density at radius 3 is 2.27 bits per heavy atom. The fraction of sp³-hybridized carbons (Fsp3) is 0.467. The zero-order chi connectivity index (χ0) is 41.4. The molecule has 4 fully saturated rings. The molecule has 4 saturated heterocycles. The van der Waals surface area contributed by atoms with Crippen LogP contribution in [0.5, 0.6) is 5.75 Å². The number of nitrogens with zero attached hydrogens (tertiary/aromatic N) is 6. The second kappa shape index (κ2) is 17.0. The summed E-state index contributed by atoms with van der Waals surface area (Å²) >= 11 is 6.22. The first kappa shape index (κ1) is 40.3. The maximum Gasteiger partial charge on any atom is 0.262 e. The third-order valence-corrected chi connectivity index (χ3v) is 13.1. The second-order valence-electron chi connectivity index (χ2n) is 16.7. The average Bonchev–Trinajstić information content (AvgIpc) is 3.72. The van der Waals surface area contributed by atoms with Crippen molar-refractivity contribution in [3.05, 3.63) is 87.9 Å². The summed E-state index contributed by atoms with van der Waals surface area (Å²) in [7, 11) is 0. The van der Waals surface area contributed by atoms with E-state index in [1.54, 1.807) is 30.3 Å². The summed E-state index contributed by atoms with van der Waals surface area (Å²) in [6.45, 7) is 9.97. The number of carbonyl (C=O) groups is 5. The molecule has 14 heteroatoms. The van der Waals surface area contributed by atoms with Gasteiger partial charge in [-0.15, -0.1) is 0 Å². The molecule has 1 N–H and O–H groups in total. The maximum absolute atomic E-state index is 13.6.